The minimum atomic E-state index is -1.08. The van der Waals surface area contributed by atoms with Crippen molar-refractivity contribution in [2.45, 2.75) is 58.9 Å². The second kappa shape index (κ2) is 10.1. The summed E-state index contributed by atoms with van der Waals surface area (Å²) in [5.41, 5.74) is 6.36. The van der Waals surface area contributed by atoms with E-state index in [1.54, 1.807) is 18.1 Å². The first kappa shape index (κ1) is 25.9. The number of pyridine rings is 1. The Balaban J connectivity index is 1.92. The van der Waals surface area contributed by atoms with Crippen LogP contribution >= 0.6 is 11.9 Å². The maximum atomic E-state index is 12.4. The summed E-state index contributed by atoms with van der Waals surface area (Å²) in [6.07, 6.45) is 1.53. The van der Waals surface area contributed by atoms with Gasteiger partial charge in [-0.1, -0.05) is 0 Å². The van der Waals surface area contributed by atoms with Crippen molar-refractivity contribution in [2.24, 2.45) is 4.40 Å². The summed E-state index contributed by atoms with van der Waals surface area (Å²) in [4.78, 5) is 19.9. The first-order valence-electron chi connectivity index (χ1n) is 11.8. The van der Waals surface area contributed by atoms with Gasteiger partial charge in [-0.05, 0) is 83.8 Å². The lowest BCUT2D eigenvalue weighted by atomic mass is 10.0. The molecule has 1 aromatic rings. The van der Waals surface area contributed by atoms with Gasteiger partial charge in [0, 0.05) is 34.2 Å². The molecule has 0 radical (unpaired) electrons. The van der Waals surface area contributed by atoms with E-state index in [-0.39, 0.29) is 0 Å². The van der Waals surface area contributed by atoms with Gasteiger partial charge in [0.05, 0.1) is 18.5 Å². The lowest BCUT2D eigenvalue weighted by molar-refractivity contribution is 0.141. The molecule has 2 aliphatic heterocycles. The van der Waals surface area contributed by atoms with Crippen LogP contribution in [0.2, 0.25) is 0 Å². The van der Waals surface area contributed by atoms with Gasteiger partial charge < -0.3 is 15.2 Å². The van der Waals surface area contributed by atoms with Gasteiger partial charge >= 0.3 is 6.09 Å². The summed E-state index contributed by atoms with van der Waals surface area (Å²) in [5, 5.41) is 23.1. The first-order chi connectivity index (χ1) is 17.1. The fourth-order valence-electron chi connectivity index (χ4n) is 4.58. The molecule has 0 fully saturated rings. The third kappa shape index (κ3) is 4.77. The molecular formula is C25H33N7O3S. The molecule has 1 aromatic heterocycles. The van der Waals surface area contributed by atoms with Gasteiger partial charge in [-0.15, -0.1) is 0 Å². The van der Waals surface area contributed by atoms with Crippen molar-refractivity contribution < 1.29 is 14.6 Å². The molecule has 0 bridgehead atoms. The van der Waals surface area contributed by atoms with Gasteiger partial charge in [-0.3, -0.25) is 9.88 Å². The van der Waals surface area contributed by atoms with Crippen LogP contribution in [0, 0.1) is 13.8 Å². The molecule has 3 aliphatic rings. The minimum Gasteiger partial charge on any atom is -0.496 e. The number of nitrogens with zero attached hydrogens (tertiary/aromatic N) is 6. The standard InChI is InChI=1S/C25H33N7O3S/c1-14-11-27-19(15(2)22(14)35-7)12-31-28-18-10-16(8-9-26-6)17-13-36-30-23(21(29-31)20(17)18)32(24(33)34)25(3,4)5/h10-11,26H,8-9,12-13H2,1-7H3,(H,33,34). The monoisotopic (exact) mass is 511 g/mol. The molecule has 2 N–H and O–H groups in total. The van der Waals surface area contributed by atoms with Crippen LogP contribution in [0.5, 0.6) is 5.75 Å². The maximum Gasteiger partial charge on any atom is 0.413 e. The molecule has 3 heterocycles. The van der Waals surface area contributed by atoms with Crippen LogP contribution in [0.15, 0.2) is 16.7 Å². The quantitative estimate of drug-likeness (QED) is 0.479. The van der Waals surface area contributed by atoms with E-state index >= 15 is 0 Å². The molecule has 0 saturated carbocycles. The highest BCUT2D eigenvalue weighted by molar-refractivity contribution is 7.97. The molecule has 192 valence electrons. The van der Waals surface area contributed by atoms with Gasteiger partial charge in [0.2, 0.25) is 0 Å². The van der Waals surface area contributed by atoms with Gasteiger partial charge in [0.1, 0.15) is 18.0 Å². The molecule has 1 aliphatic carbocycles. The van der Waals surface area contributed by atoms with Gasteiger partial charge in [0.25, 0.3) is 0 Å². The normalized spacial score (nSPS) is 13.5. The van der Waals surface area contributed by atoms with E-state index in [9.17, 15) is 9.90 Å². The van der Waals surface area contributed by atoms with Crippen LogP contribution in [-0.4, -0.2) is 68.2 Å². The number of amides is 1. The molecule has 0 unspecified atom stereocenters. The highest BCUT2D eigenvalue weighted by Crippen LogP contribution is 2.39. The summed E-state index contributed by atoms with van der Waals surface area (Å²) in [7, 11) is 3.57. The summed E-state index contributed by atoms with van der Waals surface area (Å²) in [5.74, 6) is 1.73. The molecule has 10 nitrogen and oxygen atoms in total. The van der Waals surface area contributed by atoms with Crippen molar-refractivity contribution in [3.8, 4) is 17.0 Å². The average molecular weight is 512 g/mol. The fraction of sp³-hybridized carbons (Fsp3) is 0.480. The zero-order valence-corrected chi connectivity index (χ0v) is 22.7. The molecule has 0 spiro atoms. The molecule has 0 atom stereocenters. The van der Waals surface area contributed by atoms with Crippen molar-refractivity contribution >= 4 is 23.9 Å². The first-order valence-corrected chi connectivity index (χ1v) is 12.8. The lowest BCUT2D eigenvalue weighted by Gasteiger charge is -2.33. The topological polar surface area (TPSA) is 118 Å². The van der Waals surface area contributed by atoms with E-state index < -0.39 is 11.6 Å². The largest absolute Gasteiger partial charge is 0.496 e. The molecule has 36 heavy (non-hydrogen) atoms. The summed E-state index contributed by atoms with van der Waals surface area (Å²) in [6.45, 7) is 10.6. The Morgan fingerprint density at radius 2 is 2.06 bits per heavy atom. The number of methoxy groups -OCH3 is 1. The summed E-state index contributed by atoms with van der Waals surface area (Å²) < 4.78 is 10.2. The Labute approximate surface area is 215 Å². The molecule has 11 heteroatoms. The SMILES string of the molecule is CNCCc1cc2nn(Cc3ncc(C)c(OC)c3C)nc3c-2c1CSN=C3N(C(=O)O)C(C)(C)C. The summed E-state index contributed by atoms with van der Waals surface area (Å²) >= 11 is 1.34. The van der Waals surface area contributed by atoms with E-state index in [0.29, 0.717) is 23.8 Å². The number of hydrogen-bond donors (Lipinski definition) is 2. The van der Waals surface area contributed by atoms with Crippen LogP contribution in [0.3, 0.4) is 0 Å². The number of likely N-dealkylation sites (N-methyl/N-ethyl adjacent to an activating group) is 1. The van der Waals surface area contributed by atoms with Crippen molar-refractivity contribution in [3.05, 3.63) is 45.9 Å². The third-order valence-electron chi connectivity index (χ3n) is 6.26. The Kier molecular flexibility index (Phi) is 7.24. The number of ether oxygens (including phenoxy) is 1. The van der Waals surface area contributed by atoms with Crippen molar-refractivity contribution in [2.75, 3.05) is 20.7 Å². The van der Waals surface area contributed by atoms with E-state index in [2.05, 4.69) is 20.8 Å². The Bertz CT molecular complexity index is 1300. The van der Waals surface area contributed by atoms with E-state index in [4.69, 9.17) is 14.9 Å². The third-order valence-corrected chi connectivity index (χ3v) is 6.98. The zero-order chi connectivity index (χ0) is 26.2. The molecule has 0 aromatic carbocycles. The number of hydrogen-bond acceptors (Lipinski definition) is 8. The number of aromatic nitrogens is 4. The van der Waals surface area contributed by atoms with Crippen LogP contribution in [0.25, 0.3) is 11.3 Å². The second-order valence-electron chi connectivity index (χ2n) is 9.86. The zero-order valence-electron chi connectivity index (χ0n) is 21.8. The minimum absolute atomic E-state index is 0.306. The van der Waals surface area contributed by atoms with Gasteiger partial charge in [0.15, 0.2) is 5.84 Å². The number of rotatable bonds is 6. The highest BCUT2D eigenvalue weighted by atomic mass is 32.2. The van der Waals surface area contributed by atoms with Gasteiger partial charge in [-0.25, -0.2) is 4.79 Å². The average Bonchev–Trinajstić information content (AvgIpc) is 3.03. The number of carbonyl (C=O) groups is 1. The fourth-order valence-corrected chi connectivity index (χ4v) is 5.39. The highest BCUT2D eigenvalue weighted by Gasteiger charge is 2.37. The number of aryl methyl sites for hydroxylation is 1. The van der Waals surface area contributed by atoms with E-state index in [1.807, 2.05) is 41.7 Å². The molecular weight excluding hydrogens is 478 g/mol. The molecule has 4 rings (SSSR count). The van der Waals surface area contributed by atoms with Gasteiger partial charge in [-0.2, -0.15) is 19.4 Å². The lowest BCUT2D eigenvalue weighted by Crippen LogP contribution is -2.49. The van der Waals surface area contributed by atoms with Crippen molar-refractivity contribution in [3.63, 3.8) is 0 Å². The Hall–Kier alpha value is -3.18. The smallest absolute Gasteiger partial charge is 0.413 e. The van der Waals surface area contributed by atoms with Crippen molar-refractivity contribution in [1.82, 2.24) is 30.2 Å². The maximum absolute atomic E-state index is 12.4. The molecule has 1 amide bonds. The van der Waals surface area contributed by atoms with Crippen LogP contribution < -0.4 is 10.1 Å². The van der Waals surface area contributed by atoms with Crippen LogP contribution in [-0.2, 0) is 18.7 Å². The Morgan fingerprint density at radius 3 is 2.69 bits per heavy atom. The van der Waals surface area contributed by atoms with Crippen LogP contribution in [0.1, 0.15) is 54.4 Å². The second-order valence-corrected chi connectivity index (χ2v) is 10.6. The number of carboxylic acid groups (broad SMARTS) is 1. The predicted octanol–water partition coefficient (Wildman–Crippen LogP) is 3.90. The predicted molar refractivity (Wildman–Crippen MR) is 141 cm³/mol. The van der Waals surface area contributed by atoms with E-state index in [1.165, 1.54) is 22.4 Å². The Morgan fingerprint density at radius 1 is 1.31 bits per heavy atom. The number of nitrogens with one attached hydrogen (secondary N) is 1. The van der Waals surface area contributed by atoms with Crippen molar-refractivity contribution in [1.29, 1.82) is 0 Å². The van der Waals surface area contributed by atoms with Crippen LogP contribution in [0.4, 0.5) is 4.79 Å². The number of amidine groups is 1. The van der Waals surface area contributed by atoms with E-state index in [0.717, 1.165) is 52.4 Å². The molecule has 0 saturated heterocycles. The summed E-state index contributed by atoms with van der Waals surface area (Å²) in [6, 6.07) is 2.09.